The Morgan fingerprint density at radius 3 is 2.77 bits per heavy atom. The van der Waals surface area contributed by atoms with E-state index < -0.39 is 10.8 Å². The number of benzene rings is 2. The Hall–Kier alpha value is -4.08. The van der Waals surface area contributed by atoms with Gasteiger partial charge in [-0.3, -0.25) is 14.9 Å². The lowest BCUT2D eigenvalue weighted by molar-refractivity contribution is -0.384. The zero-order valence-corrected chi connectivity index (χ0v) is 13.2. The highest BCUT2D eigenvalue weighted by Crippen LogP contribution is 2.25. The van der Waals surface area contributed by atoms with Gasteiger partial charge in [0, 0.05) is 29.7 Å². The maximum absolute atomic E-state index is 12.5. The third-order valence-electron chi connectivity index (χ3n) is 3.79. The van der Waals surface area contributed by atoms with Crippen molar-refractivity contribution in [3.05, 3.63) is 70.8 Å². The van der Waals surface area contributed by atoms with E-state index in [1.165, 1.54) is 35.3 Å². The highest BCUT2D eigenvalue weighted by Gasteiger charge is 2.19. The van der Waals surface area contributed by atoms with Crippen molar-refractivity contribution in [1.29, 1.82) is 0 Å². The Bertz CT molecular complexity index is 1120. The number of imidazole rings is 1. The second-order valence-electron chi connectivity index (χ2n) is 5.41. The number of nitro groups is 1. The van der Waals surface area contributed by atoms with Gasteiger partial charge in [-0.15, -0.1) is 0 Å². The van der Waals surface area contributed by atoms with Crippen molar-refractivity contribution in [2.45, 2.75) is 0 Å². The topological polar surface area (TPSA) is 132 Å². The predicted octanol–water partition coefficient (Wildman–Crippen LogP) is 2.30. The van der Waals surface area contributed by atoms with Crippen LogP contribution in [0, 0.1) is 10.1 Å². The molecule has 2 aromatic carbocycles. The number of hydrogen-bond donors (Lipinski definition) is 2. The predicted molar refractivity (Wildman–Crippen MR) is 92.1 cm³/mol. The van der Waals surface area contributed by atoms with Crippen molar-refractivity contribution in [2.24, 2.45) is 0 Å². The van der Waals surface area contributed by atoms with E-state index in [4.69, 9.17) is 0 Å². The number of hydrogen-bond acceptors (Lipinski definition) is 6. The molecule has 0 bridgehead atoms. The van der Waals surface area contributed by atoms with Crippen LogP contribution in [0.1, 0.15) is 10.4 Å². The maximum atomic E-state index is 12.5. The van der Waals surface area contributed by atoms with Gasteiger partial charge in [-0.05, 0) is 30.3 Å². The van der Waals surface area contributed by atoms with Crippen molar-refractivity contribution in [3.8, 4) is 5.69 Å². The number of anilines is 1. The quantitative estimate of drug-likeness (QED) is 0.429. The van der Waals surface area contributed by atoms with Crippen LogP contribution in [0.2, 0.25) is 0 Å². The standard InChI is InChI=1S/C16H11N7O3/c24-16(18-11-2-3-12-13(8-11)20-21-19-12)10-1-4-14(15(7-10)23(25)26)22-6-5-17-9-22/h1-9H,(H,18,24)(H,19,20,21). The molecule has 0 aliphatic rings. The first-order valence-corrected chi connectivity index (χ1v) is 7.50. The average molecular weight is 349 g/mol. The van der Waals surface area contributed by atoms with Crippen molar-refractivity contribution in [2.75, 3.05) is 5.32 Å². The first-order chi connectivity index (χ1) is 12.6. The monoisotopic (exact) mass is 349 g/mol. The van der Waals surface area contributed by atoms with E-state index in [1.54, 1.807) is 24.4 Å². The fraction of sp³-hybridized carbons (Fsp3) is 0. The molecule has 10 nitrogen and oxygen atoms in total. The third-order valence-corrected chi connectivity index (χ3v) is 3.79. The second-order valence-corrected chi connectivity index (χ2v) is 5.41. The fourth-order valence-corrected chi connectivity index (χ4v) is 2.55. The van der Waals surface area contributed by atoms with Crippen molar-refractivity contribution < 1.29 is 9.72 Å². The summed E-state index contributed by atoms with van der Waals surface area (Å²) in [5.41, 5.74) is 2.08. The van der Waals surface area contributed by atoms with Gasteiger partial charge in [0.05, 0.1) is 11.3 Å². The molecule has 2 N–H and O–H groups in total. The molecule has 26 heavy (non-hydrogen) atoms. The van der Waals surface area contributed by atoms with Crippen LogP contribution < -0.4 is 5.32 Å². The van der Waals surface area contributed by atoms with E-state index >= 15 is 0 Å². The SMILES string of the molecule is O=C(Nc1ccc2n[nH]nc2c1)c1ccc(-n2ccnc2)c([N+](=O)[O-])c1. The minimum Gasteiger partial charge on any atom is -0.322 e. The summed E-state index contributed by atoms with van der Waals surface area (Å²) in [4.78, 5) is 27.2. The zero-order chi connectivity index (χ0) is 18.1. The summed E-state index contributed by atoms with van der Waals surface area (Å²) in [6.45, 7) is 0. The molecule has 0 radical (unpaired) electrons. The van der Waals surface area contributed by atoms with Gasteiger partial charge in [-0.1, -0.05) is 0 Å². The Balaban J connectivity index is 1.65. The molecule has 0 spiro atoms. The van der Waals surface area contributed by atoms with E-state index in [1.807, 2.05) is 0 Å². The summed E-state index contributed by atoms with van der Waals surface area (Å²) in [7, 11) is 0. The van der Waals surface area contributed by atoms with E-state index in [0.29, 0.717) is 22.4 Å². The number of aromatic nitrogens is 5. The third kappa shape index (κ3) is 2.75. The summed E-state index contributed by atoms with van der Waals surface area (Å²) in [5.74, 6) is -0.465. The number of H-pyrrole nitrogens is 1. The molecule has 2 aromatic heterocycles. The second kappa shape index (κ2) is 6.09. The van der Waals surface area contributed by atoms with E-state index in [0.717, 1.165) is 0 Å². The lowest BCUT2D eigenvalue weighted by Gasteiger charge is -2.08. The first-order valence-electron chi connectivity index (χ1n) is 7.50. The van der Waals surface area contributed by atoms with Gasteiger partial charge in [0.25, 0.3) is 11.6 Å². The Kier molecular flexibility index (Phi) is 3.62. The van der Waals surface area contributed by atoms with Crippen LogP contribution in [-0.4, -0.2) is 35.8 Å². The molecule has 0 aliphatic carbocycles. The fourth-order valence-electron chi connectivity index (χ4n) is 2.55. The first kappa shape index (κ1) is 15.4. The van der Waals surface area contributed by atoms with E-state index in [2.05, 4.69) is 25.7 Å². The summed E-state index contributed by atoms with van der Waals surface area (Å²) < 4.78 is 1.51. The lowest BCUT2D eigenvalue weighted by atomic mass is 10.1. The summed E-state index contributed by atoms with van der Waals surface area (Å²) in [6.07, 6.45) is 4.56. The number of aromatic amines is 1. The molecule has 4 rings (SSSR count). The lowest BCUT2D eigenvalue weighted by Crippen LogP contribution is -2.12. The summed E-state index contributed by atoms with van der Waals surface area (Å²) in [6, 6.07) is 9.31. The molecular formula is C16H11N7O3. The number of amides is 1. The molecule has 0 fully saturated rings. The molecule has 0 saturated carbocycles. The van der Waals surface area contributed by atoms with E-state index in [9.17, 15) is 14.9 Å². The van der Waals surface area contributed by atoms with Crippen LogP contribution in [0.5, 0.6) is 0 Å². The Morgan fingerprint density at radius 1 is 1.15 bits per heavy atom. The van der Waals surface area contributed by atoms with Crippen LogP contribution in [0.25, 0.3) is 16.7 Å². The Morgan fingerprint density at radius 2 is 2.00 bits per heavy atom. The van der Waals surface area contributed by atoms with Gasteiger partial charge in [0.15, 0.2) is 0 Å². The van der Waals surface area contributed by atoms with Crippen LogP contribution in [0.3, 0.4) is 0 Å². The molecule has 0 saturated heterocycles. The largest absolute Gasteiger partial charge is 0.322 e. The average Bonchev–Trinajstić information content (AvgIpc) is 3.32. The number of nitrogens with zero attached hydrogens (tertiary/aromatic N) is 5. The van der Waals surface area contributed by atoms with E-state index in [-0.39, 0.29) is 11.3 Å². The molecule has 2 heterocycles. The number of carbonyl (C=O) groups is 1. The minimum atomic E-state index is -0.534. The van der Waals surface area contributed by atoms with Crippen LogP contribution in [0.4, 0.5) is 11.4 Å². The summed E-state index contributed by atoms with van der Waals surface area (Å²) >= 11 is 0. The number of fused-ring (bicyclic) bond motifs is 1. The normalized spacial score (nSPS) is 10.8. The molecule has 128 valence electrons. The van der Waals surface area contributed by atoms with Crippen molar-refractivity contribution in [1.82, 2.24) is 25.0 Å². The molecule has 4 aromatic rings. The number of nitro benzene ring substituents is 1. The number of carbonyl (C=O) groups excluding carboxylic acids is 1. The van der Waals surface area contributed by atoms with Crippen LogP contribution in [-0.2, 0) is 0 Å². The van der Waals surface area contributed by atoms with Gasteiger partial charge in [0.1, 0.15) is 16.7 Å². The molecular weight excluding hydrogens is 338 g/mol. The smallest absolute Gasteiger partial charge is 0.294 e. The zero-order valence-electron chi connectivity index (χ0n) is 13.2. The van der Waals surface area contributed by atoms with Gasteiger partial charge >= 0.3 is 0 Å². The van der Waals surface area contributed by atoms with Gasteiger partial charge in [-0.25, -0.2) is 4.98 Å². The van der Waals surface area contributed by atoms with Gasteiger partial charge < -0.3 is 9.88 Å². The highest BCUT2D eigenvalue weighted by atomic mass is 16.6. The molecule has 1 amide bonds. The van der Waals surface area contributed by atoms with Crippen molar-refractivity contribution in [3.63, 3.8) is 0 Å². The molecule has 0 aliphatic heterocycles. The highest BCUT2D eigenvalue weighted by molar-refractivity contribution is 6.05. The van der Waals surface area contributed by atoms with Gasteiger partial charge in [-0.2, -0.15) is 15.4 Å². The van der Waals surface area contributed by atoms with Crippen LogP contribution in [0.15, 0.2) is 55.1 Å². The molecule has 0 atom stereocenters. The number of nitrogens with one attached hydrogen (secondary N) is 2. The Labute approximate surface area is 145 Å². The minimum absolute atomic E-state index is 0.167. The molecule has 10 heteroatoms. The summed E-state index contributed by atoms with van der Waals surface area (Å²) in [5, 5.41) is 24.5. The van der Waals surface area contributed by atoms with Gasteiger partial charge in [0.2, 0.25) is 0 Å². The molecule has 0 unspecified atom stereocenters. The maximum Gasteiger partial charge on any atom is 0.294 e. The van der Waals surface area contributed by atoms with Crippen molar-refractivity contribution >= 4 is 28.3 Å². The number of rotatable bonds is 4. The van der Waals surface area contributed by atoms with Crippen LogP contribution >= 0.6 is 0 Å².